The highest BCUT2D eigenvalue weighted by Gasteiger charge is 2.07. The number of alkyl halides is 1. The van der Waals surface area contributed by atoms with E-state index in [0.29, 0.717) is 6.54 Å². The Hall–Kier alpha value is -0.870. The summed E-state index contributed by atoms with van der Waals surface area (Å²) in [4.78, 5) is 0. The molecular weight excluding hydrogens is 307 g/mol. The van der Waals surface area contributed by atoms with Crippen molar-refractivity contribution in [3.8, 4) is 0 Å². The Morgan fingerprint density at radius 3 is 2.88 bits per heavy atom. The molecule has 0 fully saturated rings. The summed E-state index contributed by atoms with van der Waals surface area (Å²) in [7, 11) is 0. The zero-order chi connectivity index (χ0) is 12.4. The topological polar surface area (TPSA) is 17.8 Å². The van der Waals surface area contributed by atoms with Crippen LogP contribution in [-0.4, -0.2) is 9.78 Å². The monoisotopic (exact) mass is 316 g/mol. The maximum absolute atomic E-state index is 12.9. The second-order valence-corrected chi connectivity index (χ2v) is 5.33. The van der Waals surface area contributed by atoms with E-state index < -0.39 is 0 Å². The number of benzene rings is 1. The summed E-state index contributed by atoms with van der Waals surface area (Å²) in [6.07, 6.45) is 3.64. The molecular formula is C12H11BrClFN2. The van der Waals surface area contributed by atoms with Crippen molar-refractivity contribution in [2.45, 2.75) is 18.8 Å². The lowest BCUT2D eigenvalue weighted by molar-refractivity contribution is 0.623. The van der Waals surface area contributed by atoms with Gasteiger partial charge in [-0.2, -0.15) is 5.10 Å². The molecule has 0 saturated heterocycles. The first-order valence-electron chi connectivity index (χ1n) is 5.16. The van der Waals surface area contributed by atoms with Crippen LogP contribution in [0.2, 0.25) is 0 Å². The van der Waals surface area contributed by atoms with Gasteiger partial charge in [0.05, 0.1) is 18.1 Å². The summed E-state index contributed by atoms with van der Waals surface area (Å²) in [5.41, 5.74) is 1.95. The first kappa shape index (κ1) is 12.6. The smallest absolute Gasteiger partial charge is 0.124 e. The zero-order valence-electron chi connectivity index (χ0n) is 9.20. The van der Waals surface area contributed by atoms with Crippen LogP contribution in [0.3, 0.4) is 0 Å². The zero-order valence-corrected chi connectivity index (χ0v) is 11.5. The fourth-order valence-corrected chi connectivity index (χ4v) is 2.08. The van der Waals surface area contributed by atoms with Gasteiger partial charge in [-0.05, 0) is 24.6 Å². The van der Waals surface area contributed by atoms with E-state index in [1.165, 1.54) is 12.1 Å². The van der Waals surface area contributed by atoms with Gasteiger partial charge in [-0.25, -0.2) is 4.39 Å². The van der Waals surface area contributed by atoms with Crippen LogP contribution in [-0.2, 0) is 6.54 Å². The van der Waals surface area contributed by atoms with Crippen LogP contribution in [0.25, 0.3) is 0 Å². The van der Waals surface area contributed by atoms with Crippen LogP contribution in [0.15, 0.2) is 35.1 Å². The summed E-state index contributed by atoms with van der Waals surface area (Å²) in [5.74, 6) is -0.254. The highest BCUT2D eigenvalue weighted by molar-refractivity contribution is 9.10. The quantitative estimate of drug-likeness (QED) is 0.778. The molecule has 1 atom stereocenters. The molecule has 0 N–H and O–H groups in total. The number of rotatable bonds is 3. The summed E-state index contributed by atoms with van der Waals surface area (Å²) < 4.78 is 15.5. The molecule has 2 nitrogen and oxygen atoms in total. The summed E-state index contributed by atoms with van der Waals surface area (Å²) >= 11 is 9.29. The molecule has 17 heavy (non-hydrogen) atoms. The normalized spacial score (nSPS) is 12.7. The van der Waals surface area contributed by atoms with Crippen molar-refractivity contribution in [1.82, 2.24) is 9.78 Å². The van der Waals surface area contributed by atoms with Gasteiger partial charge in [-0.1, -0.05) is 22.0 Å². The minimum absolute atomic E-state index is 0.0552. The van der Waals surface area contributed by atoms with Gasteiger partial charge in [-0.15, -0.1) is 11.6 Å². The predicted octanol–water partition coefficient (Wildman–Crippen LogP) is 4.13. The standard InChI is InChI=1S/C12H11BrClFN2/c1-8(14)10-5-16-17(7-10)6-9-2-3-11(15)4-12(9)13/h2-5,7-8H,6H2,1H3. The summed E-state index contributed by atoms with van der Waals surface area (Å²) in [6, 6.07) is 4.63. The Kier molecular flexibility index (Phi) is 3.84. The third-order valence-corrected chi connectivity index (χ3v) is 3.45. The van der Waals surface area contributed by atoms with Crippen molar-refractivity contribution in [3.05, 3.63) is 52.0 Å². The van der Waals surface area contributed by atoms with Gasteiger partial charge >= 0.3 is 0 Å². The van der Waals surface area contributed by atoms with E-state index in [9.17, 15) is 4.39 Å². The van der Waals surface area contributed by atoms with Gasteiger partial charge in [-0.3, -0.25) is 4.68 Å². The Labute approximate surface area is 113 Å². The van der Waals surface area contributed by atoms with Gasteiger partial charge in [0, 0.05) is 16.2 Å². The predicted molar refractivity (Wildman–Crippen MR) is 69.7 cm³/mol. The van der Waals surface area contributed by atoms with E-state index in [-0.39, 0.29) is 11.2 Å². The van der Waals surface area contributed by atoms with Crippen molar-refractivity contribution in [1.29, 1.82) is 0 Å². The molecule has 0 bridgehead atoms. The molecule has 0 aliphatic heterocycles. The number of halogens is 3. The molecule has 0 aliphatic rings. The van der Waals surface area contributed by atoms with E-state index in [0.717, 1.165) is 15.6 Å². The molecule has 1 aromatic heterocycles. The van der Waals surface area contributed by atoms with Crippen LogP contribution >= 0.6 is 27.5 Å². The minimum Gasteiger partial charge on any atom is -0.268 e. The van der Waals surface area contributed by atoms with Crippen LogP contribution in [0.4, 0.5) is 4.39 Å². The Bertz CT molecular complexity index is 525. The number of hydrogen-bond acceptors (Lipinski definition) is 1. The van der Waals surface area contributed by atoms with Gasteiger partial charge < -0.3 is 0 Å². The van der Waals surface area contributed by atoms with E-state index in [1.807, 2.05) is 13.1 Å². The third-order valence-electron chi connectivity index (χ3n) is 2.46. The fourth-order valence-electron chi connectivity index (χ4n) is 1.50. The van der Waals surface area contributed by atoms with Gasteiger partial charge in [0.1, 0.15) is 5.82 Å². The van der Waals surface area contributed by atoms with E-state index in [1.54, 1.807) is 16.9 Å². The van der Waals surface area contributed by atoms with Gasteiger partial charge in [0.25, 0.3) is 0 Å². The molecule has 0 radical (unpaired) electrons. The van der Waals surface area contributed by atoms with E-state index in [2.05, 4.69) is 21.0 Å². The molecule has 2 rings (SSSR count). The van der Waals surface area contributed by atoms with E-state index >= 15 is 0 Å². The van der Waals surface area contributed by atoms with Crippen LogP contribution in [0.5, 0.6) is 0 Å². The highest BCUT2D eigenvalue weighted by Crippen LogP contribution is 2.21. The largest absolute Gasteiger partial charge is 0.268 e. The molecule has 0 spiro atoms. The summed E-state index contributed by atoms with van der Waals surface area (Å²) in [5, 5.41) is 4.16. The molecule has 5 heteroatoms. The lowest BCUT2D eigenvalue weighted by atomic mass is 10.2. The lowest BCUT2D eigenvalue weighted by Gasteiger charge is -2.04. The van der Waals surface area contributed by atoms with Gasteiger partial charge in [0.2, 0.25) is 0 Å². The third kappa shape index (κ3) is 3.07. The molecule has 0 saturated carbocycles. The molecule has 2 aromatic rings. The molecule has 1 heterocycles. The van der Waals surface area contributed by atoms with Gasteiger partial charge in [0.15, 0.2) is 0 Å². The van der Waals surface area contributed by atoms with Crippen LogP contribution in [0.1, 0.15) is 23.4 Å². The van der Waals surface area contributed by atoms with E-state index in [4.69, 9.17) is 11.6 Å². The van der Waals surface area contributed by atoms with Crippen molar-refractivity contribution in [3.63, 3.8) is 0 Å². The Morgan fingerprint density at radius 2 is 2.29 bits per heavy atom. The number of aromatic nitrogens is 2. The maximum atomic E-state index is 12.9. The minimum atomic E-state index is -0.254. The first-order chi connectivity index (χ1) is 8.06. The molecule has 1 aromatic carbocycles. The summed E-state index contributed by atoms with van der Waals surface area (Å²) in [6.45, 7) is 2.49. The second kappa shape index (κ2) is 5.19. The molecule has 0 amide bonds. The van der Waals surface area contributed by atoms with Crippen molar-refractivity contribution in [2.24, 2.45) is 0 Å². The second-order valence-electron chi connectivity index (χ2n) is 3.82. The lowest BCUT2D eigenvalue weighted by Crippen LogP contribution is -2.01. The SMILES string of the molecule is CC(Cl)c1cnn(Cc2ccc(F)cc2Br)c1. The van der Waals surface area contributed by atoms with Crippen molar-refractivity contribution < 1.29 is 4.39 Å². The highest BCUT2D eigenvalue weighted by atomic mass is 79.9. The molecule has 90 valence electrons. The fraction of sp³-hybridized carbons (Fsp3) is 0.250. The number of hydrogen-bond donors (Lipinski definition) is 0. The number of nitrogens with zero attached hydrogens (tertiary/aromatic N) is 2. The molecule has 0 aliphatic carbocycles. The van der Waals surface area contributed by atoms with Crippen molar-refractivity contribution >= 4 is 27.5 Å². The first-order valence-corrected chi connectivity index (χ1v) is 6.39. The van der Waals surface area contributed by atoms with Crippen LogP contribution in [0, 0.1) is 5.82 Å². The van der Waals surface area contributed by atoms with Crippen molar-refractivity contribution in [2.75, 3.05) is 0 Å². The average Bonchev–Trinajstić information content (AvgIpc) is 2.71. The molecule has 1 unspecified atom stereocenters. The Morgan fingerprint density at radius 1 is 1.53 bits per heavy atom. The average molecular weight is 318 g/mol. The van der Waals surface area contributed by atoms with Crippen LogP contribution < -0.4 is 0 Å². The maximum Gasteiger partial charge on any atom is 0.124 e. The Balaban J connectivity index is 2.19.